The smallest absolute Gasteiger partial charge is 0.266 e. The van der Waals surface area contributed by atoms with E-state index >= 15 is 0 Å². The van der Waals surface area contributed by atoms with Crippen LogP contribution in [-0.2, 0) is 4.79 Å². The molecule has 0 aliphatic heterocycles. The number of hydrogen-bond acceptors (Lipinski definition) is 2. The Morgan fingerprint density at radius 1 is 1.00 bits per heavy atom. The Bertz CT molecular complexity index is 1000. The zero-order valence-electron chi connectivity index (χ0n) is 14.9. The molecule has 0 heterocycles. The Labute approximate surface area is 153 Å². The van der Waals surface area contributed by atoms with E-state index in [1.165, 1.54) is 5.56 Å². The van der Waals surface area contributed by atoms with E-state index in [4.69, 9.17) is 0 Å². The Hall–Kier alpha value is -3.38. The first-order chi connectivity index (χ1) is 12.6. The standard InChI is InChI=1S/C23H20N2O/c1-16(2)18-12-10-17(11-13-18)14-20(15-24)23(26)25-22-9-5-7-19-6-3-4-8-21(19)22/h3-14,16H,1-2H3,(H,25,26)/b20-14-. The second-order valence-corrected chi connectivity index (χ2v) is 6.47. The molecule has 0 saturated carbocycles. The number of anilines is 1. The van der Waals surface area contributed by atoms with Gasteiger partial charge in [0, 0.05) is 11.1 Å². The molecule has 0 unspecified atom stereocenters. The van der Waals surface area contributed by atoms with Gasteiger partial charge in [-0.15, -0.1) is 0 Å². The Kier molecular flexibility index (Phi) is 5.15. The number of carbonyl (C=O) groups excluding carboxylic acids is 1. The normalized spacial score (nSPS) is 11.4. The largest absolute Gasteiger partial charge is 0.321 e. The zero-order chi connectivity index (χ0) is 18.5. The van der Waals surface area contributed by atoms with Crippen LogP contribution in [0, 0.1) is 11.3 Å². The van der Waals surface area contributed by atoms with Crippen molar-refractivity contribution in [1.82, 2.24) is 0 Å². The van der Waals surface area contributed by atoms with Crippen LogP contribution >= 0.6 is 0 Å². The molecule has 3 heteroatoms. The lowest BCUT2D eigenvalue weighted by molar-refractivity contribution is -0.112. The molecule has 1 amide bonds. The van der Waals surface area contributed by atoms with Gasteiger partial charge in [-0.3, -0.25) is 4.79 Å². The summed E-state index contributed by atoms with van der Waals surface area (Å²) in [5, 5.41) is 14.3. The highest BCUT2D eigenvalue weighted by Gasteiger charge is 2.11. The molecule has 0 aromatic heterocycles. The topological polar surface area (TPSA) is 52.9 Å². The van der Waals surface area contributed by atoms with E-state index in [0.29, 0.717) is 11.6 Å². The van der Waals surface area contributed by atoms with Gasteiger partial charge >= 0.3 is 0 Å². The van der Waals surface area contributed by atoms with Gasteiger partial charge in [-0.05, 0) is 34.6 Å². The van der Waals surface area contributed by atoms with E-state index in [1.807, 2.05) is 72.8 Å². The molecule has 128 valence electrons. The molecule has 0 radical (unpaired) electrons. The fourth-order valence-electron chi connectivity index (χ4n) is 2.82. The summed E-state index contributed by atoms with van der Waals surface area (Å²) >= 11 is 0. The minimum atomic E-state index is -0.406. The third-order valence-electron chi connectivity index (χ3n) is 4.32. The van der Waals surface area contributed by atoms with Gasteiger partial charge in [0.1, 0.15) is 11.6 Å². The first-order valence-electron chi connectivity index (χ1n) is 8.59. The molecule has 26 heavy (non-hydrogen) atoms. The second-order valence-electron chi connectivity index (χ2n) is 6.47. The molecule has 3 nitrogen and oxygen atoms in total. The third-order valence-corrected chi connectivity index (χ3v) is 4.32. The molecule has 0 atom stereocenters. The van der Waals surface area contributed by atoms with Crippen LogP contribution in [0.5, 0.6) is 0 Å². The molecule has 0 aliphatic rings. The molecule has 3 rings (SSSR count). The number of nitrogens with zero attached hydrogens (tertiary/aromatic N) is 1. The number of hydrogen-bond donors (Lipinski definition) is 1. The predicted octanol–water partition coefficient (Wildman–Crippen LogP) is 5.51. The van der Waals surface area contributed by atoms with E-state index < -0.39 is 5.91 Å². The minimum absolute atomic E-state index is 0.0789. The average molecular weight is 340 g/mol. The monoisotopic (exact) mass is 340 g/mol. The molecule has 3 aromatic carbocycles. The van der Waals surface area contributed by atoms with Gasteiger partial charge in [-0.2, -0.15) is 5.26 Å². The Morgan fingerprint density at radius 3 is 2.38 bits per heavy atom. The van der Waals surface area contributed by atoms with Crippen LogP contribution in [-0.4, -0.2) is 5.91 Å². The number of nitrogens with one attached hydrogen (secondary N) is 1. The van der Waals surface area contributed by atoms with Crippen LogP contribution in [0.2, 0.25) is 0 Å². The molecule has 3 aromatic rings. The van der Waals surface area contributed by atoms with Crippen molar-refractivity contribution in [2.75, 3.05) is 5.32 Å². The predicted molar refractivity (Wildman–Crippen MR) is 107 cm³/mol. The van der Waals surface area contributed by atoms with Crippen molar-refractivity contribution in [3.8, 4) is 6.07 Å². The Balaban J connectivity index is 1.86. The van der Waals surface area contributed by atoms with Gasteiger partial charge in [-0.25, -0.2) is 0 Å². The van der Waals surface area contributed by atoms with Crippen molar-refractivity contribution < 1.29 is 4.79 Å². The average Bonchev–Trinajstić information content (AvgIpc) is 2.66. The van der Waals surface area contributed by atoms with E-state index in [0.717, 1.165) is 16.3 Å². The first-order valence-corrected chi connectivity index (χ1v) is 8.59. The number of rotatable bonds is 4. The maximum atomic E-state index is 12.6. The first kappa shape index (κ1) is 17.4. The highest BCUT2D eigenvalue weighted by Crippen LogP contribution is 2.23. The van der Waals surface area contributed by atoms with Gasteiger partial charge in [0.25, 0.3) is 5.91 Å². The molecule has 0 fully saturated rings. The molecule has 0 bridgehead atoms. The molecular weight excluding hydrogens is 320 g/mol. The lowest BCUT2D eigenvalue weighted by atomic mass is 10.0. The van der Waals surface area contributed by atoms with E-state index in [9.17, 15) is 10.1 Å². The maximum absolute atomic E-state index is 12.6. The summed E-state index contributed by atoms with van der Waals surface area (Å²) < 4.78 is 0. The molecular formula is C23H20N2O. The third kappa shape index (κ3) is 3.81. The van der Waals surface area contributed by atoms with Gasteiger partial charge < -0.3 is 5.32 Å². The summed E-state index contributed by atoms with van der Waals surface area (Å²) in [6.45, 7) is 4.26. The number of carbonyl (C=O) groups is 1. The minimum Gasteiger partial charge on any atom is -0.321 e. The summed E-state index contributed by atoms with van der Waals surface area (Å²) in [6.07, 6.45) is 1.62. The van der Waals surface area contributed by atoms with Crippen molar-refractivity contribution in [1.29, 1.82) is 5.26 Å². The molecule has 0 aliphatic carbocycles. The van der Waals surface area contributed by atoms with Crippen molar-refractivity contribution in [2.45, 2.75) is 19.8 Å². The highest BCUT2D eigenvalue weighted by molar-refractivity contribution is 6.12. The molecule has 0 spiro atoms. The van der Waals surface area contributed by atoms with Crippen LogP contribution in [0.3, 0.4) is 0 Å². The molecule has 0 saturated heterocycles. The summed E-state index contributed by atoms with van der Waals surface area (Å²) in [5.74, 6) is 0.0370. The van der Waals surface area contributed by atoms with Crippen LogP contribution in [0.4, 0.5) is 5.69 Å². The van der Waals surface area contributed by atoms with Gasteiger partial charge in [0.15, 0.2) is 0 Å². The number of nitriles is 1. The summed E-state index contributed by atoms with van der Waals surface area (Å²) in [6, 6.07) is 23.4. The van der Waals surface area contributed by atoms with E-state index in [1.54, 1.807) is 6.08 Å². The Morgan fingerprint density at radius 2 is 1.69 bits per heavy atom. The quantitative estimate of drug-likeness (QED) is 0.503. The van der Waals surface area contributed by atoms with Crippen molar-refractivity contribution >= 4 is 28.4 Å². The summed E-state index contributed by atoms with van der Waals surface area (Å²) in [5.41, 5.74) is 2.83. The van der Waals surface area contributed by atoms with Crippen LogP contribution in [0.15, 0.2) is 72.3 Å². The lowest BCUT2D eigenvalue weighted by Crippen LogP contribution is -2.13. The number of fused-ring (bicyclic) bond motifs is 1. The van der Waals surface area contributed by atoms with Crippen LogP contribution < -0.4 is 5.32 Å². The maximum Gasteiger partial charge on any atom is 0.266 e. The highest BCUT2D eigenvalue weighted by atomic mass is 16.1. The second kappa shape index (κ2) is 7.67. The molecule has 1 N–H and O–H groups in total. The van der Waals surface area contributed by atoms with Crippen molar-refractivity contribution in [2.24, 2.45) is 0 Å². The fourth-order valence-corrected chi connectivity index (χ4v) is 2.82. The van der Waals surface area contributed by atoms with Crippen molar-refractivity contribution in [3.63, 3.8) is 0 Å². The van der Waals surface area contributed by atoms with Gasteiger partial charge in [0.2, 0.25) is 0 Å². The van der Waals surface area contributed by atoms with Crippen LogP contribution in [0.1, 0.15) is 30.9 Å². The zero-order valence-corrected chi connectivity index (χ0v) is 14.9. The van der Waals surface area contributed by atoms with Gasteiger partial charge in [0.05, 0.1) is 0 Å². The van der Waals surface area contributed by atoms with Crippen LogP contribution in [0.25, 0.3) is 16.8 Å². The number of amides is 1. The lowest BCUT2D eigenvalue weighted by Gasteiger charge is -2.08. The van der Waals surface area contributed by atoms with Crippen molar-refractivity contribution in [3.05, 3.63) is 83.4 Å². The van der Waals surface area contributed by atoms with E-state index in [-0.39, 0.29) is 5.57 Å². The summed E-state index contributed by atoms with van der Waals surface area (Å²) in [7, 11) is 0. The fraction of sp³-hybridized carbons (Fsp3) is 0.130. The van der Waals surface area contributed by atoms with Gasteiger partial charge in [-0.1, -0.05) is 74.5 Å². The number of benzene rings is 3. The summed E-state index contributed by atoms with van der Waals surface area (Å²) in [4.78, 5) is 12.6. The van der Waals surface area contributed by atoms with E-state index in [2.05, 4.69) is 19.2 Å². The SMILES string of the molecule is CC(C)c1ccc(/C=C(/C#N)C(=O)Nc2cccc3ccccc23)cc1.